The highest BCUT2D eigenvalue weighted by atomic mass is 31.2. The maximum Gasteiger partial charge on any atom is 0.529 e. The molecule has 0 aromatic heterocycles. The van der Waals surface area contributed by atoms with E-state index in [-0.39, 0.29) is 0 Å². The first-order valence-corrected chi connectivity index (χ1v) is 3.76. The van der Waals surface area contributed by atoms with E-state index in [0.717, 1.165) is 13.2 Å². The standard InChI is InChI=1S/C4H7O5P/c1-3-4(5)9-10(6,7)8-2/h3H,1H2,2H3,(H,6,7). The predicted molar refractivity (Wildman–Crippen MR) is 33.1 cm³/mol. The van der Waals surface area contributed by atoms with Gasteiger partial charge in [0.25, 0.3) is 0 Å². The van der Waals surface area contributed by atoms with E-state index in [2.05, 4.69) is 15.6 Å². The van der Waals surface area contributed by atoms with Crippen LogP contribution in [-0.4, -0.2) is 18.0 Å². The molecule has 10 heavy (non-hydrogen) atoms. The van der Waals surface area contributed by atoms with Gasteiger partial charge in [-0.3, -0.25) is 9.42 Å². The molecule has 0 aromatic carbocycles. The first kappa shape index (κ1) is 9.36. The van der Waals surface area contributed by atoms with Crippen molar-refractivity contribution >= 4 is 13.8 Å². The number of carbonyl (C=O) groups is 1. The van der Waals surface area contributed by atoms with Crippen molar-refractivity contribution in [3.8, 4) is 0 Å². The summed E-state index contributed by atoms with van der Waals surface area (Å²) in [5.74, 6) is -0.993. The van der Waals surface area contributed by atoms with Crippen molar-refractivity contribution in [1.29, 1.82) is 0 Å². The second-order valence-electron chi connectivity index (χ2n) is 1.27. The molecular formula is C4H7O5P. The van der Waals surface area contributed by atoms with E-state index in [1.165, 1.54) is 0 Å². The van der Waals surface area contributed by atoms with Crippen molar-refractivity contribution in [1.82, 2.24) is 0 Å². The SMILES string of the molecule is C=CC(=O)OP(=O)(O)OC. The van der Waals surface area contributed by atoms with Gasteiger partial charge in [0, 0.05) is 13.2 Å². The number of carbonyl (C=O) groups excluding carboxylic acids is 1. The average molecular weight is 166 g/mol. The number of phosphoric acid groups is 1. The van der Waals surface area contributed by atoms with Gasteiger partial charge in [0.1, 0.15) is 0 Å². The molecule has 5 nitrogen and oxygen atoms in total. The van der Waals surface area contributed by atoms with Gasteiger partial charge in [-0.15, -0.1) is 0 Å². The van der Waals surface area contributed by atoms with E-state index in [0.29, 0.717) is 0 Å². The minimum Gasteiger partial charge on any atom is -0.367 e. The second-order valence-corrected chi connectivity index (χ2v) is 2.75. The molecule has 0 aromatic rings. The van der Waals surface area contributed by atoms with Gasteiger partial charge in [-0.05, 0) is 0 Å². The summed E-state index contributed by atoms with van der Waals surface area (Å²) < 4.78 is 18.2. The second kappa shape index (κ2) is 3.51. The molecule has 0 heterocycles. The molecule has 0 spiro atoms. The Morgan fingerprint density at radius 3 is 2.60 bits per heavy atom. The van der Waals surface area contributed by atoms with Crippen molar-refractivity contribution in [3.63, 3.8) is 0 Å². The third kappa shape index (κ3) is 3.40. The van der Waals surface area contributed by atoms with Crippen LogP contribution in [-0.2, 0) is 18.4 Å². The van der Waals surface area contributed by atoms with Crippen molar-refractivity contribution < 1.29 is 23.3 Å². The molecule has 6 heteroatoms. The Kier molecular flexibility index (Phi) is 3.28. The molecule has 0 aliphatic heterocycles. The highest BCUT2D eigenvalue weighted by molar-refractivity contribution is 7.48. The molecule has 0 aliphatic rings. The highest BCUT2D eigenvalue weighted by Gasteiger charge is 2.21. The molecule has 58 valence electrons. The maximum atomic E-state index is 10.4. The van der Waals surface area contributed by atoms with Gasteiger partial charge in [0.05, 0.1) is 0 Å². The van der Waals surface area contributed by atoms with Crippen LogP contribution in [0.4, 0.5) is 0 Å². The van der Waals surface area contributed by atoms with E-state index in [4.69, 9.17) is 4.89 Å². The van der Waals surface area contributed by atoms with Crippen LogP contribution in [0.1, 0.15) is 0 Å². The number of hydrogen-bond donors (Lipinski definition) is 1. The predicted octanol–water partition coefficient (Wildman–Crippen LogP) is 0.462. The molecule has 0 fully saturated rings. The largest absolute Gasteiger partial charge is 0.529 e. The molecule has 1 atom stereocenters. The molecule has 0 bridgehead atoms. The van der Waals surface area contributed by atoms with Crippen molar-refractivity contribution in [3.05, 3.63) is 12.7 Å². The molecule has 0 amide bonds. The zero-order chi connectivity index (χ0) is 8.20. The fraction of sp³-hybridized carbons (Fsp3) is 0.250. The van der Waals surface area contributed by atoms with Gasteiger partial charge in [0.15, 0.2) is 0 Å². The van der Waals surface area contributed by atoms with Gasteiger partial charge in [-0.25, -0.2) is 9.36 Å². The van der Waals surface area contributed by atoms with E-state index < -0.39 is 13.8 Å². The monoisotopic (exact) mass is 166 g/mol. The van der Waals surface area contributed by atoms with Gasteiger partial charge >= 0.3 is 13.8 Å². The molecule has 1 N–H and O–H groups in total. The van der Waals surface area contributed by atoms with E-state index in [1.807, 2.05) is 0 Å². The average Bonchev–Trinajstić information content (AvgIpc) is 1.87. The minimum atomic E-state index is -4.17. The summed E-state index contributed by atoms with van der Waals surface area (Å²) in [6, 6.07) is 0. The Morgan fingerprint density at radius 1 is 1.80 bits per heavy atom. The van der Waals surface area contributed by atoms with E-state index >= 15 is 0 Å². The van der Waals surface area contributed by atoms with Gasteiger partial charge in [0.2, 0.25) is 0 Å². The van der Waals surface area contributed by atoms with Crippen LogP contribution in [0.2, 0.25) is 0 Å². The van der Waals surface area contributed by atoms with Crippen LogP contribution < -0.4 is 0 Å². The summed E-state index contributed by atoms with van der Waals surface area (Å²) in [7, 11) is -3.21. The van der Waals surface area contributed by atoms with Crippen molar-refractivity contribution in [2.75, 3.05) is 7.11 Å². The Hall–Kier alpha value is -0.640. The van der Waals surface area contributed by atoms with E-state index in [1.54, 1.807) is 0 Å². The molecule has 0 radical (unpaired) electrons. The Morgan fingerprint density at radius 2 is 2.30 bits per heavy atom. The minimum absolute atomic E-state index is 0.766. The number of rotatable bonds is 3. The Bertz CT molecular complexity index is 186. The van der Waals surface area contributed by atoms with E-state index in [9.17, 15) is 9.36 Å². The molecule has 0 rings (SSSR count). The highest BCUT2D eigenvalue weighted by Crippen LogP contribution is 2.41. The van der Waals surface area contributed by atoms with Gasteiger partial charge in [-0.1, -0.05) is 6.58 Å². The molecule has 0 aliphatic carbocycles. The summed E-state index contributed by atoms with van der Waals surface area (Å²) in [6.45, 7) is 3.02. The van der Waals surface area contributed by atoms with Crippen LogP contribution in [0.25, 0.3) is 0 Å². The zero-order valence-electron chi connectivity index (χ0n) is 5.31. The molecular weight excluding hydrogens is 159 g/mol. The van der Waals surface area contributed by atoms with Crippen molar-refractivity contribution in [2.45, 2.75) is 0 Å². The Labute approximate surface area is 57.9 Å². The third-order valence-electron chi connectivity index (χ3n) is 0.603. The quantitative estimate of drug-likeness (QED) is 0.487. The van der Waals surface area contributed by atoms with Crippen LogP contribution in [0.3, 0.4) is 0 Å². The summed E-state index contributed by atoms with van der Waals surface area (Å²) in [6.07, 6.45) is 0.766. The number of hydrogen-bond acceptors (Lipinski definition) is 4. The Balaban J connectivity index is 4.01. The number of phosphoric ester groups is 1. The maximum absolute atomic E-state index is 10.4. The first-order chi connectivity index (χ1) is 4.52. The summed E-state index contributed by atoms with van der Waals surface area (Å²) >= 11 is 0. The lowest BCUT2D eigenvalue weighted by atomic mass is 10.7. The lowest BCUT2D eigenvalue weighted by Crippen LogP contribution is -1.98. The molecule has 0 saturated carbocycles. The first-order valence-electron chi connectivity index (χ1n) is 2.26. The summed E-state index contributed by atoms with van der Waals surface area (Å²) in [5.41, 5.74) is 0. The fourth-order valence-corrected chi connectivity index (χ4v) is 0.565. The summed E-state index contributed by atoms with van der Waals surface area (Å²) in [4.78, 5) is 18.7. The van der Waals surface area contributed by atoms with Crippen LogP contribution in [0.5, 0.6) is 0 Å². The van der Waals surface area contributed by atoms with Gasteiger partial charge in [-0.2, -0.15) is 0 Å². The van der Waals surface area contributed by atoms with Gasteiger partial charge < -0.3 is 4.52 Å². The van der Waals surface area contributed by atoms with Crippen LogP contribution in [0.15, 0.2) is 12.7 Å². The van der Waals surface area contributed by atoms with Crippen LogP contribution >= 0.6 is 7.82 Å². The summed E-state index contributed by atoms with van der Waals surface area (Å²) in [5, 5.41) is 0. The topological polar surface area (TPSA) is 72.8 Å². The van der Waals surface area contributed by atoms with Crippen molar-refractivity contribution in [2.24, 2.45) is 0 Å². The molecule has 1 unspecified atom stereocenters. The lowest BCUT2D eigenvalue weighted by Gasteiger charge is -2.05. The fourth-order valence-electron chi connectivity index (χ4n) is 0.188. The normalized spacial score (nSPS) is 15.4. The van der Waals surface area contributed by atoms with Crippen LogP contribution in [0, 0.1) is 0 Å². The smallest absolute Gasteiger partial charge is 0.367 e. The molecule has 0 saturated heterocycles. The third-order valence-corrected chi connectivity index (χ3v) is 1.47. The zero-order valence-corrected chi connectivity index (χ0v) is 6.21. The lowest BCUT2D eigenvalue weighted by molar-refractivity contribution is -0.130.